The first-order valence-corrected chi connectivity index (χ1v) is 18.2. The fourth-order valence-corrected chi connectivity index (χ4v) is 7.14. The second-order valence-corrected chi connectivity index (χ2v) is 14.4. The zero-order chi connectivity index (χ0) is 33.0. The molecule has 0 saturated carbocycles. The summed E-state index contributed by atoms with van der Waals surface area (Å²) in [5, 5.41) is 6.74. The van der Waals surface area contributed by atoms with Gasteiger partial charge in [-0.15, -0.1) is 0 Å². The number of sulfonamides is 1. The van der Waals surface area contributed by atoms with Gasteiger partial charge < -0.3 is 30.9 Å². The number of nitrogens with one attached hydrogen (secondary N) is 3. The van der Waals surface area contributed by atoms with Crippen LogP contribution in [0.15, 0.2) is 48.5 Å². The zero-order valence-corrected chi connectivity index (χ0v) is 27.9. The number of piperidine rings is 1. The number of benzene rings is 2. The molecule has 4 heterocycles. The number of para-hydroxylation sites is 1. The average molecular weight is 664 g/mol. The number of aromatic nitrogens is 2. The molecular formula is C33H45N9O4S. The Morgan fingerprint density at radius 3 is 2.23 bits per heavy atom. The quantitative estimate of drug-likeness (QED) is 0.253. The number of piperazine rings is 1. The lowest BCUT2D eigenvalue weighted by Crippen LogP contribution is -2.52. The van der Waals surface area contributed by atoms with Crippen molar-refractivity contribution in [1.82, 2.24) is 19.8 Å². The van der Waals surface area contributed by atoms with Gasteiger partial charge >= 0.3 is 0 Å². The molecule has 0 unspecified atom stereocenters. The molecule has 0 aliphatic carbocycles. The van der Waals surface area contributed by atoms with E-state index >= 15 is 0 Å². The lowest BCUT2D eigenvalue weighted by molar-refractivity contribution is 0.0904. The monoisotopic (exact) mass is 663 g/mol. The van der Waals surface area contributed by atoms with Crippen molar-refractivity contribution in [2.45, 2.75) is 37.8 Å². The standard InChI is InChI=1S/C33H45N9O4S/c1-40-17-19-42(20-18-40)26-11-15-41(16-12-26)25-9-7-23(8-10-25)35-33-30(31(34)43)37-29(32(38-33)36-24-13-21-46-22-14-24)27-5-3-4-6-28(27)39-47(2,44)45/h3-10,24,26,39H,11-22H2,1-2H3,(H2,34,43)(H2,35,36,38). The molecule has 1 aromatic heterocycles. The van der Waals surface area contributed by atoms with Crippen LogP contribution in [0.2, 0.25) is 0 Å². The molecule has 252 valence electrons. The van der Waals surface area contributed by atoms with Crippen LogP contribution in [0, 0.1) is 0 Å². The van der Waals surface area contributed by atoms with Gasteiger partial charge in [-0.2, -0.15) is 0 Å². The molecule has 13 nitrogen and oxygen atoms in total. The Labute approximate surface area is 276 Å². The van der Waals surface area contributed by atoms with E-state index in [1.165, 1.54) is 0 Å². The predicted octanol–water partition coefficient (Wildman–Crippen LogP) is 3.16. The molecule has 5 N–H and O–H groups in total. The Hall–Kier alpha value is -3.98. The highest BCUT2D eigenvalue weighted by molar-refractivity contribution is 7.92. The minimum absolute atomic E-state index is 0.0539. The van der Waals surface area contributed by atoms with E-state index in [4.69, 9.17) is 20.4 Å². The van der Waals surface area contributed by atoms with Crippen LogP contribution in [0.4, 0.5) is 28.7 Å². The van der Waals surface area contributed by atoms with Gasteiger partial charge in [0.15, 0.2) is 17.3 Å². The fraction of sp³-hybridized carbons (Fsp3) is 0.485. The topological polar surface area (TPSA) is 158 Å². The lowest BCUT2D eigenvalue weighted by atomic mass is 10.0. The van der Waals surface area contributed by atoms with Crippen molar-refractivity contribution in [3.8, 4) is 11.3 Å². The summed E-state index contributed by atoms with van der Waals surface area (Å²) in [4.78, 5) is 29.8. The van der Waals surface area contributed by atoms with Gasteiger partial charge in [0, 0.05) is 81.5 Å². The van der Waals surface area contributed by atoms with Crippen molar-refractivity contribution in [2.24, 2.45) is 5.73 Å². The van der Waals surface area contributed by atoms with Gasteiger partial charge in [-0.1, -0.05) is 18.2 Å². The van der Waals surface area contributed by atoms with E-state index in [0.29, 0.717) is 42.0 Å². The van der Waals surface area contributed by atoms with Crippen molar-refractivity contribution in [3.63, 3.8) is 0 Å². The maximum Gasteiger partial charge on any atom is 0.271 e. The molecule has 14 heteroatoms. The molecule has 3 aliphatic rings. The zero-order valence-electron chi connectivity index (χ0n) is 27.1. The molecule has 3 fully saturated rings. The average Bonchev–Trinajstić information content (AvgIpc) is 3.06. The largest absolute Gasteiger partial charge is 0.381 e. The highest BCUT2D eigenvalue weighted by Crippen LogP contribution is 2.35. The highest BCUT2D eigenvalue weighted by atomic mass is 32.2. The normalized spacial score (nSPS) is 19.0. The number of nitrogens with two attached hydrogens (primary N) is 1. The Bertz CT molecular complexity index is 1650. The van der Waals surface area contributed by atoms with E-state index in [2.05, 4.69) is 49.2 Å². The Morgan fingerprint density at radius 2 is 1.57 bits per heavy atom. The SMILES string of the molecule is CN1CCN(C2CCN(c3ccc(Nc4nc(NC5CCOCC5)c(-c5ccccc5NS(C)(=O)=O)nc4C(N)=O)cc3)CC2)CC1. The number of likely N-dealkylation sites (N-methyl/N-ethyl adjacent to an activating group) is 1. The summed E-state index contributed by atoms with van der Waals surface area (Å²) in [6.07, 6.45) is 4.91. The molecule has 0 radical (unpaired) electrons. The van der Waals surface area contributed by atoms with Crippen molar-refractivity contribution in [2.75, 3.05) is 86.0 Å². The number of hydrogen-bond donors (Lipinski definition) is 4. The van der Waals surface area contributed by atoms with Crippen LogP contribution >= 0.6 is 0 Å². The highest BCUT2D eigenvalue weighted by Gasteiger charge is 2.27. The molecule has 2 aromatic carbocycles. The van der Waals surface area contributed by atoms with E-state index in [0.717, 1.165) is 82.6 Å². The summed E-state index contributed by atoms with van der Waals surface area (Å²) in [7, 11) is -1.40. The van der Waals surface area contributed by atoms with E-state index in [9.17, 15) is 13.2 Å². The third-order valence-electron chi connectivity index (χ3n) is 9.18. The van der Waals surface area contributed by atoms with Crippen molar-refractivity contribution in [1.29, 1.82) is 0 Å². The number of amides is 1. The number of carbonyl (C=O) groups is 1. The van der Waals surface area contributed by atoms with E-state index in [1.54, 1.807) is 24.3 Å². The molecule has 0 atom stereocenters. The number of ether oxygens (including phenoxy) is 1. The second-order valence-electron chi connectivity index (χ2n) is 12.7. The smallest absolute Gasteiger partial charge is 0.271 e. The minimum atomic E-state index is -3.59. The first kappa shape index (κ1) is 32.9. The van der Waals surface area contributed by atoms with E-state index in [-0.39, 0.29) is 17.6 Å². The van der Waals surface area contributed by atoms with Crippen LogP contribution in [0.25, 0.3) is 11.3 Å². The Balaban J connectivity index is 1.24. The van der Waals surface area contributed by atoms with Gasteiger partial charge in [-0.3, -0.25) is 14.4 Å². The number of nitrogens with zero attached hydrogens (tertiary/aromatic N) is 5. The van der Waals surface area contributed by atoms with Crippen molar-refractivity contribution < 1.29 is 17.9 Å². The van der Waals surface area contributed by atoms with E-state index < -0.39 is 15.9 Å². The molecule has 0 spiro atoms. The van der Waals surface area contributed by atoms with Gasteiger partial charge in [0.25, 0.3) is 5.91 Å². The molecule has 0 bridgehead atoms. The molecule has 3 aromatic rings. The van der Waals surface area contributed by atoms with Crippen molar-refractivity contribution >= 4 is 44.6 Å². The van der Waals surface area contributed by atoms with Crippen LogP contribution < -0.4 is 26.0 Å². The molecule has 3 aliphatic heterocycles. The number of rotatable bonds is 10. The predicted molar refractivity (Wildman–Crippen MR) is 186 cm³/mol. The van der Waals surface area contributed by atoms with Gasteiger partial charge in [0.05, 0.1) is 11.9 Å². The fourth-order valence-electron chi connectivity index (χ4n) is 6.56. The second kappa shape index (κ2) is 14.4. The van der Waals surface area contributed by atoms with E-state index in [1.807, 2.05) is 12.1 Å². The van der Waals surface area contributed by atoms with Crippen LogP contribution in [0.5, 0.6) is 0 Å². The summed E-state index contributed by atoms with van der Waals surface area (Å²) >= 11 is 0. The molecule has 6 rings (SSSR count). The number of hydrogen-bond acceptors (Lipinski definition) is 11. The van der Waals surface area contributed by atoms with Crippen LogP contribution in [-0.2, 0) is 14.8 Å². The van der Waals surface area contributed by atoms with Gasteiger partial charge in [0.2, 0.25) is 10.0 Å². The first-order valence-electron chi connectivity index (χ1n) is 16.3. The maximum absolute atomic E-state index is 12.7. The maximum atomic E-state index is 12.7. The third-order valence-corrected chi connectivity index (χ3v) is 9.77. The van der Waals surface area contributed by atoms with Crippen LogP contribution in [0.1, 0.15) is 36.2 Å². The van der Waals surface area contributed by atoms with Crippen LogP contribution in [0.3, 0.4) is 0 Å². The van der Waals surface area contributed by atoms with Gasteiger partial charge in [-0.25, -0.2) is 18.4 Å². The molecule has 47 heavy (non-hydrogen) atoms. The lowest BCUT2D eigenvalue weighted by Gasteiger charge is -2.42. The molecular weight excluding hydrogens is 618 g/mol. The summed E-state index contributed by atoms with van der Waals surface area (Å²) < 4.78 is 32.4. The first-order chi connectivity index (χ1) is 22.6. The van der Waals surface area contributed by atoms with Crippen molar-refractivity contribution in [3.05, 3.63) is 54.2 Å². The Kier molecular flexibility index (Phi) is 10.1. The van der Waals surface area contributed by atoms with Gasteiger partial charge in [-0.05, 0) is 63.1 Å². The number of anilines is 5. The number of carbonyl (C=O) groups excluding carboxylic acids is 1. The Morgan fingerprint density at radius 1 is 0.894 bits per heavy atom. The summed E-state index contributed by atoms with van der Waals surface area (Å²) in [5.41, 5.74) is 8.78. The minimum Gasteiger partial charge on any atom is -0.381 e. The summed E-state index contributed by atoms with van der Waals surface area (Å²) in [6, 6.07) is 15.7. The van der Waals surface area contributed by atoms with Gasteiger partial charge in [0.1, 0.15) is 5.69 Å². The summed E-state index contributed by atoms with van der Waals surface area (Å²) in [6.45, 7) is 7.82. The molecule has 1 amide bonds. The summed E-state index contributed by atoms with van der Waals surface area (Å²) in [5.74, 6) is -0.135. The third kappa shape index (κ3) is 8.30. The van der Waals surface area contributed by atoms with Crippen LogP contribution in [-0.4, -0.2) is 112 Å². The molecule has 3 saturated heterocycles. The number of primary amides is 1.